The molecule has 3 heterocycles. The molecule has 0 bridgehead atoms. The second-order valence-electron chi connectivity index (χ2n) is 8.33. The fourth-order valence-electron chi connectivity index (χ4n) is 4.88. The molecule has 5 rings (SSSR count). The van der Waals surface area contributed by atoms with Gasteiger partial charge >= 0.3 is 0 Å². The van der Waals surface area contributed by atoms with Crippen molar-refractivity contribution in [3.63, 3.8) is 0 Å². The minimum absolute atomic E-state index is 0.0916. The first-order valence-electron chi connectivity index (χ1n) is 11.2. The molecule has 8 heteroatoms. The number of piperidine rings is 1. The average molecular weight is 425 g/mol. The van der Waals surface area contributed by atoms with Crippen molar-refractivity contribution >= 4 is 11.0 Å². The standard InChI is InChI=1S/C23H27FN5O2/c1-2-30-17-7-8-21(19(24)12-17)31-23-18-13-28-29(22(18)26-14-27-23)16-9-10-25-20(11-16)15-5-3-4-6-15/h7-8,12-16,20H,2-6,9-11H2,1H3. The lowest BCUT2D eigenvalue weighted by Gasteiger charge is -2.32. The first-order valence-corrected chi connectivity index (χ1v) is 11.2. The third-order valence-corrected chi connectivity index (χ3v) is 6.40. The molecule has 1 saturated carbocycles. The molecule has 1 saturated heterocycles. The molecule has 2 aromatic heterocycles. The van der Waals surface area contributed by atoms with Crippen molar-refractivity contribution in [1.29, 1.82) is 0 Å². The van der Waals surface area contributed by atoms with Crippen molar-refractivity contribution in [3.8, 4) is 17.4 Å². The van der Waals surface area contributed by atoms with Crippen molar-refractivity contribution in [1.82, 2.24) is 25.1 Å². The summed E-state index contributed by atoms with van der Waals surface area (Å²) in [7, 11) is 0. The Balaban J connectivity index is 1.39. The molecule has 2 unspecified atom stereocenters. The van der Waals surface area contributed by atoms with Crippen molar-refractivity contribution in [2.24, 2.45) is 5.92 Å². The molecule has 0 amide bonds. The van der Waals surface area contributed by atoms with Crippen LogP contribution in [0, 0.1) is 11.7 Å². The molecular formula is C23H27FN5O2. The van der Waals surface area contributed by atoms with Gasteiger partial charge in [-0.3, -0.25) is 0 Å². The summed E-state index contributed by atoms with van der Waals surface area (Å²) in [6.07, 6.45) is 10.3. The van der Waals surface area contributed by atoms with Gasteiger partial charge in [-0.05, 0) is 50.7 Å². The molecule has 2 atom stereocenters. The summed E-state index contributed by atoms with van der Waals surface area (Å²) < 4.78 is 27.6. The molecule has 1 aromatic carbocycles. The van der Waals surface area contributed by atoms with E-state index in [1.165, 1.54) is 38.1 Å². The normalized spacial score (nSPS) is 22.1. The van der Waals surface area contributed by atoms with Gasteiger partial charge in [0.05, 0.1) is 18.8 Å². The molecular weight excluding hydrogens is 397 g/mol. The Kier molecular flexibility index (Phi) is 5.72. The van der Waals surface area contributed by atoms with Gasteiger partial charge in [-0.2, -0.15) is 5.10 Å². The lowest BCUT2D eigenvalue weighted by atomic mass is 9.88. The lowest BCUT2D eigenvalue weighted by molar-refractivity contribution is 0.227. The summed E-state index contributed by atoms with van der Waals surface area (Å²) in [6.45, 7) is 3.19. The highest BCUT2D eigenvalue weighted by molar-refractivity contribution is 5.80. The Hall–Kier alpha value is -2.74. The van der Waals surface area contributed by atoms with E-state index in [-0.39, 0.29) is 11.8 Å². The number of aromatic nitrogens is 4. The highest BCUT2D eigenvalue weighted by atomic mass is 19.1. The summed E-state index contributed by atoms with van der Waals surface area (Å²) in [5.74, 6) is 1.06. The van der Waals surface area contributed by atoms with Crippen LogP contribution in [0.4, 0.5) is 4.39 Å². The Morgan fingerprint density at radius 3 is 2.84 bits per heavy atom. The zero-order valence-corrected chi connectivity index (χ0v) is 17.7. The van der Waals surface area contributed by atoms with Gasteiger partial charge in [0.2, 0.25) is 5.88 Å². The zero-order chi connectivity index (χ0) is 21.2. The predicted octanol–water partition coefficient (Wildman–Crippen LogP) is 4.65. The molecule has 7 nitrogen and oxygen atoms in total. The van der Waals surface area contributed by atoms with E-state index in [1.54, 1.807) is 18.3 Å². The number of benzene rings is 1. The molecule has 0 N–H and O–H groups in total. The fourth-order valence-corrected chi connectivity index (χ4v) is 4.88. The average Bonchev–Trinajstić information content (AvgIpc) is 3.47. The van der Waals surface area contributed by atoms with Crippen LogP contribution >= 0.6 is 0 Å². The van der Waals surface area contributed by atoms with Crippen molar-refractivity contribution < 1.29 is 13.9 Å². The van der Waals surface area contributed by atoms with Crippen molar-refractivity contribution in [2.45, 2.75) is 57.5 Å². The summed E-state index contributed by atoms with van der Waals surface area (Å²) >= 11 is 0. The quantitative estimate of drug-likeness (QED) is 0.575. The highest BCUT2D eigenvalue weighted by Crippen LogP contribution is 2.36. The number of rotatable bonds is 6. The third kappa shape index (κ3) is 4.08. The van der Waals surface area contributed by atoms with E-state index in [1.807, 2.05) is 11.6 Å². The van der Waals surface area contributed by atoms with Crippen LogP contribution in [-0.4, -0.2) is 38.9 Å². The first kappa shape index (κ1) is 20.2. The predicted molar refractivity (Wildman–Crippen MR) is 114 cm³/mol. The molecule has 0 spiro atoms. The van der Waals surface area contributed by atoms with Crippen LogP contribution < -0.4 is 14.8 Å². The summed E-state index contributed by atoms with van der Waals surface area (Å²) in [6, 6.07) is 5.21. The van der Waals surface area contributed by atoms with Gasteiger partial charge in [0.1, 0.15) is 17.5 Å². The fraction of sp³-hybridized carbons (Fsp3) is 0.522. The van der Waals surface area contributed by atoms with Crippen LogP contribution in [-0.2, 0) is 0 Å². The molecule has 31 heavy (non-hydrogen) atoms. The monoisotopic (exact) mass is 424 g/mol. The van der Waals surface area contributed by atoms with Crippen LogP contribution in [0.2, 0.25) is 0 Å². The third-order valence-electron chi connectivity index (χ3n) is 6.40. The number of ether oxygens (including phenoxy) is 2. The van der Waals surface area contributed by atoms with Gasteiger partial charge in [-0.25, -0.2) is 24.4 Å². The zero-order valence-electron chi connectivity index (χ0n) is 17.7. The second kappa shape index (κ2) is 8.78. The number of nitrogens with zero attached hydrogens (tertiary/aromatic N) is 5. The maximum Gasteiger partial charge on any atom is 0.233 e. The van der Waals surface area contributed by atoms with E-state index >= 15 is 0 Å². The molecule has 1 aliphatic heterocycles. The van der Waals surface area contributed by atoms with Gasteiger partial charge in [0, 0.05) is 18.7 Å². The molecule has 163 valence electrons. The van der Waals surface area contributed by atoms with Crippen LogP contribution in [0.15, 0.2) is 30.7 Å². The van der Waals surface area contributed by atoms with E-state index in [2.05, 4.69) is 15.1 Å². The Bertz CT molecular complexity index is 1050. The van der Waals surface area contributed by atoms with Gasteiger partial charge in [0.15, 0.2) is 17.2 Å². The number of hydrogen-bond acceptors (Lipinski definition) is 5. The lowest BCUT2D eigenvalue weighted by Crippen LogP contribution is -2.38. The molecule has 1 aliphatic carbocycles. The number of halogens is 1. The van der Waals surface area contributed by atoms with E-state index in [9.17, 15) is 4.39 Å². The maximum atomic E-state index is 14.5. The van der Waals surface area contributed by atoms with Gasteiger partial charge in [0.25, 0.3) is 0 Å². The van der Waals surface area contributed by atoms with Gasteiger partial charge in [-0.1, -0.05) is 12.8 Å². The minimum Gasteiger partial charge on any atom is -0.494 e. The van der Waals surface area contributed by atoms with Crippen LogP contribution in [0.1, 0.15) is 51.5 Å². The molecule has 2 aliphatic rings. The number of fused-ring (bicyclic) bond motifs is 1. The van der Waals surface area contributed by atoms with E-state index in [0.29, 0.717) is 41.2 Å². The topological polar surface area (TPSA) is 76.2 Å². The Morgan fingerprint density at radius 2 is 2.03 bits per heavy atom. The Morgan fingerprint density at radius 1 is 1.16 bits per heavy atom. The highest BCUT2D eigenvalue weighted by Gasteiger charge is 2.32. The van der Waals surface area contributed by atoms with Gasteiger partial charge < -0.3 is 9.47 Å². The summed E-state index contributed by atoms with van der Waals surface area (Å²) in [5.41, 5.74) is 0.716. The second-order valence-corrected chi connectivity index (χ2v) is 8.33. The largest absolute Gasteiger partial charge is 0.494 e. The van der Waals surface area contributed by atoms with Crippen LogP contribution in [0.25, 0.3) is 11.0 Å². The first-order chi connectivity index (χ1) is 15.2. The SMILES string of the molecule is CCOc1ccc(Oc2ncnc3c2cnn3C2CC[N]C(C3CCCC3)C2)c(F)c1. The van der Waals surface area contributed by atoms with Crippen LogP contribution in [0.3, 0.4) is 0 Å². The minimum atomic E-state index is -0.501. The van der Waals surface area contributed by atoms with E-state index < -0.39 is 5.82 Å². The molecule has 1 radical (unpaired) electrons. The molecule has 2 fully saturated rings. The van der Waals surface area contributed by atoms with Crippen molar-refractivity contribution in [2.75, 3.05) is 13.2 Å². The number of hydrogen-bond donors (Lipinski definition) is 0. The maximum absolute atomic E-state index is 14.5. The van der Waals surface area contributed by atoms with E-state index in [0.717, 1.165) is 19.4 Å². The summed E-state index contributed by atoms with van der Waals surface area (Å²) in [5, 5.41) is 10.2. The smallest absolute Gasteiger partial charge is 0.233 e. The van der Waals surface area contributed by atoms with Crippen molar-refractivity contribution in [3.05, 3.63) is 36.5 Å². The Labute approximate surface area is 181 Å². The van der Waals surface area contributed by atoms with Crippen LogP contribution in [0.5, 0.6) is 17.4 Å². The summed E-state index contributed by atoms with van der Waals surface area (Å²) in [4.78, 5) is 8.70. The molecule has 3 aromatic rings. The van der Waals surface area contributed by atoms with Gasteiger partial charge in [-0.15, -0.1) is 0 Å². The van der Waals surface area contributed by atoms with E-state index in [4.69, 9.17) is 14.8 Å².